The number of ether oxygens (including phenoxy) is 1. The topological polar surface area (TPSA) is 63.5 Å². The van der Waals surface area contributed by atoms with Gasteiger partial charge in [0.15, 0.2) is 5.82 Å². The van der Waals surface area contributed by atoms with E-state index in [4.69, 9.17) is 14.7 Å². The Balaban J connectivity index is 0.829. The number of hydrogen-bond donors (Lipinski definition) is 0. The zero-order valence-corrected chi connectivity index (χ0v) is 46.0. The fourth-order valence-corrected chi connectivity index (χ4v) is 12.8. The minimum Gasteiger partial charge on any atom is -0.423 e. The predicted molar refractivity (Wildman–Crippen MR) is 349 cm³/mol. The van der Waals surface area contributed by atoms with E-state index in [0.29, 0.717) is 17.1 Å². The summed E-state index contributed by atoms with van der Waals surface area (Å²) in [6.07, 6.45) is 0. The van der Waals surface area contributed by atoms with Gasteiger partial charge in [-0.05, 0) is 136 Å². The molecule has 0 amide bonds. The molecular formula is C77H50BN5O2. The minimum absolute atomic E-state index is 0.0599. The lowest BCUT2D eigenvalue weighted by atomic mass is 9.33. The summed E-state index contributed by atoms with van der Waals surface area (Å²) in [5.41, 5.74) is 23.1. The Morgan fingerprint density at radius 2 is 0.882 bits per heavy atom. The van der Waals surface area contributed by atoms with Crippen LogP contribution in [0.2, 0.25) is 0 Å². The van der Waals surface area contributed by atoms with E-state index in [-0.39, 0.29) is 6.71 Å². The van der Waals surface area contributed by atoms with Crippen molar-refractivity contribution in [3.8, 4) is 67.6 Å². The molecule has 85 heavy (non-hydrogen) atoms. The predicted octanol–water partition coefficient (Wildman–Crippen LogP) is 17.2. The average Bonchev–Trinajstić information content (AvgIpc) is 1.74. The highest BCUT2D eigenvalue weighted by Gasteiger charge is 2.43. The SMILES string of the molecule is O=C(Oc1ccc2c(c1)c1ccccc1n2-c1ccc(-c2cc(-c3ccccc3)nc(-c3ccccc3)n2)cc1-c1ccc(-c2cccc(N3c4ccccc4B4c5ccccc5N(c5ccccc5)c5cccc3c54)c2)cc1)c1ccccc1. The molecule has 12 aromatic carbocycles. The molecule has 2 aromatic heterocycles. The lowest BCUT2D eigenvalue weighted by molar-refractivity contribution is 0.0735. The molecular weight excluding hydrogens is 1040 g/mol. The lowest BCUT2D eigenvalue weighted by Crippen LogP contribution is -2.61. The Morgan fingerprint density at radius 1 is 0.353 bits per heavy atom. The van der Waals surface area contributed by atoms with Crippen LogP contribution in [0.1, 0.15) is 10.4 Å². The molecule has 0 radical (unpaired) electrons. The van der Waals surface area contributed by atoms with Gasteiger partial charge in [0.2, 0.25) is 0 Å². The Labute approximate surface area is 492 Å². The summed E-state index contributed by atoms with van der Waals surface area (Å²) in [6.45, 7) is 0.0599. The molecule has 8 heteroatoms. The molecule has 2 aliphatic heterocycles. The van der Waals surface area contributed by atoms with Crippen LogP contribution in [0.25, 0.3) is 83.6 Å². The second kappa shape index (κ2) is 20.6. The summed E-state index contributed by atoms with van der Waals surface area (Å²) in [5, 5.41) is 2.01. The molecule has 2 aliphatic rings. The summed E-state index contributed by atoms with van der Waals surface area (Å²) >= 11 is 0. The zero-order valence-electron chi connectivity index (χ0n) is 46.0. The number of fused-ring (bicyclic) bond motifs is 7. The molecule has 7 nitrogen and oxygen atoms in total. The van der Waals surface area contributed by atoms with E-state index in [9.17, 15) is 4.79 Å². The third-order valence-electron chi connectivity index (χ3n) is 16.7. The van der Waals surface area contributed by atoms with E-state index in [2.05, 4.69) is 239 Å². The molecule has 0 saturated heterocycles. The van der Waals surface area contributed by atoms with Crippen molar-refractivity contribution in [2.24, 2.45) is 0 Å². The van der Waals surface area contributed by atoms with Crippen LogP contribution < -0.4 is 30.9 Å². The van der Waals surface area contributed by atoms with Crippen LogP contribution in [0, 0.1) is 0 Å². The number of benzene rings is 12. The molecule has 0 bridgehead atoms. The largest absolute Gasteiger partial charge is 0.423 e. The molecule has 0 saturated carbocycles. The van der Waals surface area contributed by atoms with Crippen molar-refractivity contribution < 1.29 is 9.53 Å². The van der Waals surface area contributed by atoms with Crippen molar-refractivity contribution in [3.63, 3.8) is 0 Å². The van der Waals surface area contributed by atoms with Gasteiger partial charge in [-0.1, -0.05) is 200 Å². The Bertz CT molecular complexity index is 4840. The fourth-order valence-electron chi connectivity index (χ4n) is 12.8. The first-order valence-corrected chi connectivity index (χ1v) is 28.7. The van der Waals surface area contributed by atoms with Gasteiger partial charge >= 0.3 is 5.97 Å². The molecule has 398 valence electrons. The summed E-state index contributed by atoms with van der Waals surface area (Å²) in [6, 6.07) is 106. The summed E-state index contributed by atoms with van der Waals surface area (Å²) in [4.78, 5) is 28.7. The Hall–Kier alpha value is -11.3. The Morgan fingerprint density at radius 3 is 1.60 bits per heavy atom. The van der Waals surface area contributed by atoms with Crippen LogP contribution in [-0.4, -0.2) is 27.2 Å². The van der Waals surface area contributed by atoms with Crippen LogP contribution in [0.3, 0.4) is 0 Å². The van der Waals surface area contributed by atoms with Crippen LogP contribution >= 0.6 is 0 Å². The third-order valence-corrected chi connectivity index (χ3v) is 16.7. The maximum Gasteiger partial charge on any atom is 0.343 e. The van der Waals surface area contributed by atoms with Gasteiger partial charge in [0.25, 0.3) is 6.71 Å². The van der Waals surface area contributed by atoms with Crippen LogP contribution in [0.15, 0.2) is 303 Å². The van der Waals surface area contributed by atoms with E-state index in [1.54, 1.807) is 12.1 Å². The minimum atomic E-state index is -0.404. The van der Waals surface area contributed by atoms with Gasteiger partial charge in [-0.3, -0.25) is 0 Å². The maximum atomic E-state index is 13.4. The maximum absolute atomic E-state index is 13.4. The van der Waals surface area contributed by atoms with Gasteiger partial charge in [0.05, 0.1) is 33.7 Å². The first kappa shape index (κ1) is 49.5. The van der Waals surface area contributed by atoms with Gasteiger partial charge in [-0.25, -0.2) is 14.8 Å². The van der Waals surface area contributed by atoms with Crippen LogP contribution in [0.4, 0.5) is 34.1 Å². The number of rotatable bonds is 10. The highest BCUT2D eigenvalue weighted by atomic mass is 16.5. The van der Waals surface area contributed by atoms with E-state index >= 15 is 0 Å². The highest BCUT2D eigenvalue weighted by Crippen LogP contribution is 2.45. The van der Waals surface area contributed by atoms with Gasteiger partial charge < -0.3 is 19.1 Å². The molecule has 4 heterocycles. The average molecular weight is 1090 g/mol. The van der Waals surface area contributed by atoms with E-state index < -0.39 is 5.97 Å². The zero-order chi connectivity index (χ0) is 56.4. The Kier molecular flexibility index (Phi) is 12.0. The lowest BCUT2D eigenvalue weighted by Gasteiger charge is -2.44. The summed E-state index contributed by atoms with van der Waals surface area (Å²) < 4.78 is 8.35. The number of aromatic nitrogens is 3. The number of hydrogen-bond acceptors (Lipinski definition) is 6. The van der Waals surface area contributed by atoms with Crippen LogP contribution in [0.5, 0.6) is 5.75 Å². The number of anilines is 6. The normalized spacial score (nSPS) is 12.2. The van der Waals surface area contributed by atoms with E-state index in [1.807, 2.05) is 66.7 Å². The molecule has 14 aromatic rings. The molecule has 0 aliphatic carbocycles. The highest BCUT2D eigenvalue weighted by molar-refractivity contribution is 7.00. The summed E-state index contributed by atoms with van der Waals surface area (Å²) in [5.74, 6) is 0.725. The van der Waals surface area contributed by atoms with E-state index in [1.165, 1.54) is 39.1 Å². The summed E-state index contributed by atoms with van der Waals surface area (Å²) in [7, 11) is 0. The number of esters is 1. The van der Waals surface area contributed by atoms with Crippen molar-refractivity contribution >= 4 is 85.0 Å². The molecule has 0 fully saturated rings. The first-order valence-electron chi connectivity index (χ1n) is 28.7. The standard InChI is InChI=1S/C77H50BN5O2/c84-77(55-25-9-3-10-26-55)85-60-44-46-70-63(49-60)61-31-13-16-34-68(61)83(70)69-45-43-57(67-50-66(53-21-5-1-6-22-53)79-76(80-67)54-23-7-2-8-24-54)48-62(69)52-41-39-51(40-42-52)56-27-19-30-59(47-56)82-72-36-18-15-33-65(72)78-64-32-14-17-35-71(64)81(58-28-11-4-12-29-58)73-37-20-38-74(82)75(73)78/h1-50H. The second-order valence-corrected chi connectivity index (χ2v) is 21.6. The van der Waals surface area contributed by atoms with Crippen molar-refractivity contribution in [2.75, 3.05) is 9.80 Å². The first-order chi connectivity index (χ1) is 42.1. The quantitative estimate of drug-likeness (QED) is 0.0772. The molecule has 0 atom stereocenters. The second-order valence-electron chi connectivity index (χ2n) is 21.6. The van der Waals surface area contributed by atoms with Crippen molar-refractivity contribution in [2.45, 2.75) is 0 Å². The molecule has 16 rings (SSSR count). The van der Waals surface area contributed by atoms with Crippen molar-refractivity contribution in [3.05, 3.63) is 309 Å². The molecule has 0 spiro atoms. The smallest absolute Gasteiger partial charge is 0.343 e. The van der Waals surface area contributed by atoms with Gasteiger partial charge in [0, 0.05) is 67.2 Å². The third kappa shape index (κ3) is 8.58. The monoisotopic (exact) mass is 1090 g/mol. The van der Waals surface area contributed by atoms with Crippen LogP contribution in [-0.2, 0) is 0 Å². The molecule has 0 unspecified atom stereocenters. The number of carbonyl (C=O) groups is 1. The van der Waals surface area contributed by atoms with Crippen molar-refractivity contribution in [1.82, 2.24) is 14.5 Å². The number of nitrogens with zero attached hydrogens (tertiary/aromatic N) is 5. The van der Waals surface area contributed by atoms with Gasteiger partial charge in [0.1, 0.15) is 5.75 Å². The van der Waals surface area contributed by atoms with Gasteiger partial charge in [-0.2, -0.15) is 0 Å². The number of para-hydroxylation sites is 4. The van der Waals surface area contributed by atoms with Crippen molar-refractivity contribution in [1.29, 1.82) is 0 Å². The van der Waals surface area contributed by atoms with E-state index in [0.717, 1.165) is 89.2 Å². The molecule has 0 N–H and O–H groups in total. The van der Waals surface area contributed by atoms with Gasteiger partial charge in [-0.15, -0.1) is 0 Å². The number of carbonyl (C=O) groups excluding carboxylic acids is 1. The fraction of sp³-hybridized carbons (Fsp3) is 0.